The molecule has 0 nitrogen and oxygen atoms in total. The molecule has 0 atom stereocenters. The van der Waals surface area contributed by atoms with Crippen molar-refractivity contribution in [3.8, 4) is 0 Å². The topological polar surface area (TPSA) is 0 Å². The Labute approximate surface area is 57.4 Å². The molecule has 0 bridgehead atoms. The van der Waals surface area contributed by atoms with Crippen LogP contribution in [0.4, 0.5) is 0 Å². The summed E-state index contributed by atoms with van der Waals surface area (Å²) in [7, 11) is 0. The zero-order valence-electron chi connectivity index (χ0n) is 2.69. The molecule has 0 heterocycles. The second kappa shape index (κ2) is 8.88. The zero-order chi connectivity index (χ0) is 3.41. The Morgan fingerprint density at radius 3 is 2.00 bits per heavy atom. The van der Waals surface area contributed by atoms with Gasteiger partial charge in [0.05, 0.1) is 0 Å². The fourth-order valence-corrected chi connectivity index (χ4v) is 0. The van der Waals surface area contributed by atoms with E-state index in [0.717, 1.165) is 0 Å². The average molecular weight is 227 g/mol. The van der Waals surface area contributed by atoms with Crippen LogP contribution in [0.3, 0.4) is 0 Å². The van der Waals surface area contributed by atoms with Gasteiger partial charge in [-0.25, -0.2) is 0 Å². The molecule has 0 aliphatic heterocycles. The van der Waals surface area contributed by atoms with Gasteiger partial charge in [-0.3, -0.25) is 0 Å². The van der Waals surface area contributed by atoms with Crippen molar-refractivity contribution in [2.75, 3.05) is 0 Å². The molecule has 0 spiro atoms. The van der Waals surface area contributed by atoms with Gasteiger partial charge in [-0.15, -0.1) is 0 Å². The van der Waals surface area contributed by atoms with Crippen molar-refractivity contribution in [2.45, 2.75) is 5.39 Å². The Kier molecular flexibility index (Phi) is 16.6. The van der Waals surface area contributed by atoms with Crippen molar-refractivity contribution in [1.29, 1.82) is 0 Å². The second-order valence-electron chi connectivity index (χ2n) is 0.418. The molecule has 0 saturated heterocycles. The van der Waals surface area contributed by atoms with Gasteiger partial charge in [0.2, 0.25) is 0 Å². The fourth-order valence-electron chi connectivity index (χ4n) is 0. The normalized spacial score (nSPS) is 5.20. The first-order chi connectivity index (χ1) is 1.91. The summed E-state index contributed by atoms with van der Waals surface area (Å²) in [6.07, 6.45) is 1.71. The van der Waals surface area contributed by atoms with E-state index in [9.17, 15) is 0 Å². The van der Waals surface area contributed by atoms with E-state index in [0.29, 0.717) is 5.39 Å². The molecule has 0 aromatic rings. The number of hydrogen-bond acceptors (Lipinski definition) is 0. The molecular weight excluding hydrogens is 222 g/mol. The maximum absolute atomic E-state index is 4.20. The summed E-state index contributed by atoms with van der Waals surface area (Å²) >= 11 is 4.20. The molecule has 0 unspecified atom stereocenters. The quantitative estimate of drug-likeness (QED) is 0.280. The third-order valence-corrected chi connectivity index (χ3v) is 0.376. The number of hydrogen-bond donors (Lipinski definition) is 0. The maximum Gasteiger partial charge on any atom is -1.00 e. The molecule has 0 aromatic heterocycles. The van der Waals surface area contributed by atoms with Gasteiger partial charge in [-0.05, 0) is 0 Å². The van der Waals surface area contributed by atoms with Crippen molar-refractivity contribution >= 4 is 0 Å². The van der Waals surface area contributed by atoms with Crippen LogP contribution in [0.1, 0.15) is 0 Å². The van der Waals surface area contributed by atoms with Crippen LogP contribution < -0.4 is 24.0 Å². The third kappa shape index (κ3) is 11.3. The molecule has 5 heavy (non-hydrogen) atoms. The molecule has 0 N–H and O–H groups in total. The van der Waals surface area contributed by atoms with Gasteiger partial charge < -0.3 is 24.0 Å². The molecule has 0 radical (unpaired) electrons. The van der Waals surface area contributed by atoms with Crippen LogP contribution in [-0.4, -0.2) is 0 Å². The molecule has 0 rings (SSSR count). The van der Waals surface area contributed by atoms with Crippen LogP contribution in [0, 0.1) is 0 Å². The van der Waals surface area contributed by atoms with Gasteiger partial charge in [-0.2, -0.15) is 0 Å². The Morgan fingerprint density at radius 1 is 1.80 bits per heavy atom. The number of halogens is 1. The Balaban J connectivity index is 0. The van der Waals surface area contributed by atoms with Crippen molar-refractivity contribution in [2.24, 2.45) is 0 Å². The van der Waals surface area contributed by atoms with Crippen molar-refractivity contribution < 1.29 is 39.4 Å². The van der Waals surface area contributed by atoms with Gasteiger partial charge in [0, 0.05) is 0 Å². The van der Waals surface area contributed by atoms with Crippen LogP contribution in [0.25, 0.3) is 0 Å². The van der Waals surface area contributed by atoms with E-state index in [2.05, 4.69) is 22.0 Å². The van der Waals surface area contributed by atoms with Crippen molar-refractivity contribution in [1.82, 2.24) is 0 Å². The third-order valence-electron chi connectivity index (χ3n) is 0.0913. The molecule has 0 amide bonds. The van der Waals surface area contributed by atoms with E-state index < -0.39 is 0 Å². The van der Waals surface area contributed by atoms with Crippen LogP contribution in [0.5, 0.6) is 0 Å². The second-order valence-corrected chi connectivity index (χ2v) is 0.821. The zero-order valence-corrected chi connectivity index (χ0v) is 5.83. The smallest absolute Gasteiger partial charge is 1.00 e. The SMILES string of the molecule is C=C[CH2][Ni+].[I-]. The maximum atomic E-state index is 4.20. The summed E-state index contributed by atoms with van der Waals surface area (Å²) in [5, 5.41) is 0.708. The first-order valence-electron chi connectivity index (χ1n) is 1.04. The summed E-state index contributed by atoms with van der Waals surface area (Å²) < 4.78 is 0. The van der Waals surface area contributed by atoms with Crippen molar-refractivity contribution in [3.63, 3.8) is 0 Å². The molecule has 34 valence electrons. The van der Waals surface area contributed by atoms with Crippen molar-refractivity contribution in [3.05, 3.63) is 12.7 Å². The van der Waals surface area contributed by atoms with Crippen LogP contribution >= 0.6 is 0 Å². The standard InChI is InChI=1S/C3H5.HI.Ni/c1-3-2;;/h3H,1-2H2;1H;/q;;+1/p-1. The van der Waals surface area contributed by atoms with Gasteiger partial charge >= 0.3 is 33.5 Å². The Hall–Kier alpha value is 0.964. The van der Waals surface area contributed by atoms with Gasteiger partial charge in [0.25, 0.3) is 0 Å². The van der Waals surface area contributed by atoms with Crippen LogP contribution in [-0.2, 0) is 15.5 Å². The van der Waals surface area contributed by atoms with E-state index in [1.807, 2.05) is 0 Å². The molecule has 0 aliphatic carbocycles. The largest absolute Gasteiger partial charge is 1.00 e. The fraction of sp³-hybridized carbons (Fsp3) is 0.333. The predicted octanol–water partition coefficient (Wildman–Crippen LogP) is -1.86. The summed E-state index contributed by atoms with van der Waals surface area (Å²) in [5.41, 5.74) is 0. The van der Waals surface area contributed by atoms with E-state index in [4.69, 9.17) is 0 Å². The molecule has 2 heteroatoms. The van der Waals surface area contributed by atoms with Gasteiger partial charge in [0.15, 0.2) is 0 Å². The van der Waals surface area contributed by atoms with E-state index >= 15 is 0 Å². The van der Waals surface area contributed by atoms with E-state index in [1.54, 1.807) is 6.08 Å². The predicted molar refractivity (Wildman–Crippen MR) is 15.0 cm³/mol. The monoisotopic (exact) mass is 226 g/mol. The van der Waals surface area contributed by atoms with E-state index in [1.165, 1.54) is 0 Å². The minimum Gasteiger partial charge on any atom is -1.00 e. The number of rotatable bonds is 1. The average Bonchev–Trinajstić information content (AvgIpc) is 1.37. The summed E-state index contributed by atoms with van der Waals surface area (Å²) in [6, 6.07) is 0. The van der Waals surface area contributed by atoms with E-state index in [-0.39, 0.29) is 24.0 Å². The summed E-state index contributed by atoms with van der Waals surface area (Å²) in [5.74, 6) is 0. The van der Waals surface area contributed by atoms with Crippen LogP contribution in [0.2, 0.25) is 5.39 Å². The molecular formula is C3H5INi. The molecule has 0 aliphatic rings. The minimum absolute atomic E-state index is 0. The van der Waals surface area contributed by atoms with Gasteiger partial charge in [-0.1, -0.05) is 0 Å². The first kappa shape index (κ1) is 9.35. The Bertz CT molecular complexity index is 20.9. The van der Waals surface area contributed by atoms with Crippen LogP contribution in [0.15, 0.2) is 12.7 Å². The Morgan fingerprint density at radius 2 is 2.00 bits per heavy atom. The summed E-state index contributed by atoms with van der Waals surface area (Å²) in [4.78, 5) is 0. The number of allylic oxidation sites excluding steroid dienone is 1. The summed E-state index contributed by atoms with van der Waals surface area (Å²) in [6.45, 7) is 3.39. The van der Waals surface area contributed by atoms with Gasteiger partial charge in [0.1, 0.15) is 0 Å². The molecule has 0 aromatic carbocycles. The first-order valence-corrected chi connectivity index (χ1v) is 1.74. The molecule has 0 saturated carbocycles. The molecule has 0 fully saturated rings. The minimum atomic E-state index is 0.